The van der Waals surface area contributed by atoms with E-state index in [1.165, 1.54) is 38.6 Å². The van der Waals surface area contributed by atoms with Gasteiger partial charge in [0.05, 0.1) is 25.5 Å². The summed E-state index contributed by atoms with van der Waals surface area (Å²) in [5.74, 6) is -2.65. The van der Waals surface area contributed by atoms with Gasteiger partial charge in [0.15, 0.2) is 5.82 Å². The number of benzene rings is 1. The molecule has 1 aromatic carbocycles. The minimum atomic E-state index is -5.08. The van der Waals surface area contributed by atoms with Gasteiger partial charge < -0.3 is 24.6 Å². The summed E-state index contributed by atoms with van der Waals surface area (Å²) in [6, 6.07) is 5.71. The number of sulfonamides is 1. The molecule has 11 nitrogen and oxygen atoms in total. The van der Waals surface area contributed by atoms with Crippen molar-refractivity contribution in [1.82, 2.24) is 4.98 Å². The smallest absolute Gasteiger partial charge is 0.490 e. The summed E-state index contributed by atoms with van der Waals surface area (Å²) < 4.78 is 71.0. The molecule has 37 heavy (non-hydrogen) atoms. The number of aliphatic carboxylic acids is 1. The maximum Gasteiger partial charge on any atom is 0.490 e. The molecule has 3 N–H and O–H groups in total. The van der Waals surface area contributed by atoms with E-state index in [1.807, 2.05) is 4.90 Å². The van der Waals surface area contributed by atoms with Gasteiger partial charge >= 0.3 is 18.1 Å². The monoisotopic (exact) mass is 549 g/mol. The molecule has 15 heteroatoms. The van der Waals surface area contributed by atoms with Crippen LogP contribution in [0.25, 0.3) is 0 Å². The number of anilines is 2. The Hall–Kier alpha value is -3.75. The van der Waals surface area contributed by atoms with Crippen LogP contribution in [0.3, 0.4) is 0 Å². The molecule has 1 aromatic heterocycles. The van der Waals surface area contributed by atoms with Gasteiger partial charge in [0, 0.05) is 25.4 Å². The van der Waals surface area contributed by atoms with E-state index in [1.54, 1.807) is 6.07 Å². The van der Waals surface area contributed by atoms with Crippen molar-refractivity contribution < 1.29 is 50.9 Å². The van der Waals surface area contributed by atoms with Gasteiger partial charge in [-0.3, -0.25) is 4.72 Å². The van der Waals surface area contributed by atoms with Gasteiger partial charge in [-0.15, -0.1) is 0 Å². The second-order valence-corrected chi connectivity index (χ2v) is 9.67. The zero-order valence-corrected chi connectivity index (χ0v) is 20.9. The third-order valence-electron chi connectivity index (χ3n) is 5.22. The average Bonchev–Trinajstić information content (AvgIpc) is 2.83. The number of carbonyl (C=O) groups is 2. The van der Waals surface area contributed by atoms with E-state index in [0.717, 1.165) is 12.8 Å². The highest BCUT2D eigenvalue weighted by Gasteiger charge is 2.38. The number of rotatable bonds is 7. The second kappa shape index (κ2) is 12.0. The van der Waals surface area contributed by atoms with E-state index in [0.29, 0.717) is 30.6 Å². The van der Waals surface area contributed by atoms with Crippen LogP contribution < -0.4 is 19.1 Å². The van der Waals surface area contributed by atoms with E-state index >= 15 is 0 Å². The molecule has 1 atom stereocenters. The number of methoxy groups -OCH3 is 2. The highest BCUT2D eigenvalue weighted by atomic mass is 32.2. The fourth-order valence-corrected chi connectivity index (χ4v) is 4.71. The first-order valence-corrected chi connectivity index (χ1v) is 12.2. The molecular formula is C22H26F3N3O8S. The Morgan fingerprint density at radius 2 is 1.81 bits per heavy atom. The highest BCUT2D eigenvalue weighted by molar-refractivity contribution is 7.92. The number of aromatic nitrogens is 1. The standard InChI is InChI=1S/C20H25N3O6S.C2HF3O2/c1-13-5-4-8-23(12-13)19-16(9-14(11-21-19)20(24)25)22-30(26,27)18-10-15(28-2)6-7-17(18)29-3;3-2(4,5)1(6)7/h6-7,9-11,13,22H,4-5,8,12H2,1-3H3,(H,24,25);(H,6,7). The van der Waals surface area contributed by atoms with Gasteiger partial charge in [-0.2, -0.15) is 13.2 Å². The maximum absolute atomic E-state index is 13.2. The van der Waals surface area contributed by atoms with Crippen molar-refractivity contribution in [2.75, 3.05) is 36.9 Å². The van der Waals surface area contributed by atoms with Crippen molar-refractivity contribution in [2.45, 2.75) is 30.8 Å². The van der Waals surface area contributed by atoms with Crippen LogP contribution in [0.4, 0.5) is 24.7 Å². The molecule has 1 fully saturated rings. The summed E-state index contributed by atoms with van der Waals surface area (Å²) in [6.07, 6.45) is -1.83. The number of nitrogens with one attached hydrogen (secondary N) is 1. The summed E-state index contributed by atoms with van der Waals surface area (Å²) >= 11 is 0. The van der Waals surface area contributed by atoms with Crippen molar-refractivity contribution >= 4 is 33.5 Å². The summed E-state index contributed by atoms with van der Waals surface area (Å²) in [5, 5.41) is 16.5. The van der Waals surface area contributed by atoms with Crippen LogP contribution in [0.1, 0.15) is 30.1 Å². The lowest BCUT2D eigenvalue weighted by Crippen LogP contribution is -2.35. The number of alkyl halides is 3. The van der Waals surface area contributed by atoms with Crippen molar-refractivity contribution in [2.24, 2.45) is 5.92 Å². The lowest BCUT2D eigenvalue weighted by atomic mass is 10.0. The van der Waals surface area contributed by atoms with E-state index in [9.17, 15) is 31.5 Å². The number of carboxylic acids is 2. The number of nitrogens with zero attached hydrogens (tertiary/aromatic N) is 2. The summed E-state index contributed by atoms with van der Waals surface area (Å²) in [6.45, 7) is 3.53. The molecule has 0 aliphatic carbocycles. The molecular weight excluding hydrogens is 523 g/mol. The molecule has 1 aliphatic heterocycles. The lowest BCUT2D eigenvalue weighted by Gasteiger charge is -2.33. The van der Waals surface area contributed by atoms with Gasteiger partial charge in [-0.1, -0.05) is 6.92 Å². The normalized spacial score (nSPS) is 15.7. The summed E-state index contributed by atoms with van der Waals surface area (Å²) in [7, 11) is -1.32. The number of carboxylic acid groups (broad SMARTS) is 2. The van der Waals surface area contributed by atoms with Crippen molar-refractivity contribution in [3.8, 4) is 11.5 Å². The first-order chi connectivity index (χ1) is 17.2. The third-order valence-corrected chi connectivity index (χ3v) is 6.60. The van der Waals surface area contributed by atoms with Crippen LogP contribution in [0.5, 0.6) is 11.5 Å². The van der Waals surface area contributed by atoms with Gasteiger partial charge in [-0.25, -0.2) is 23.0 Å². The lowest BCUT2D eigenvalue weighted by molar-refractivity contribution is -0.192. The van der Waals surface area contributed by atoms with E-state index in [2.05, 4.69) is 16.6 Å². The van der Waals surface area contributed by atoms with Crippen LogP contribution >= 0.6 is 0 Å². The molecule has 1 unspecified atom stereocenters. The molecule has 0 bridgehead atoms. The number of piperidine rings is 1. The Bertz CT molecular complexity index is 1240. The Kier molecular flexibility index (Phi) is 9.55. The molecule has 3 rings (SSSR count). The van der Waals surface area contributed by atoms with Gasteiger partial charge in [0.25, 0.3) is 10.0 Å². The maximum atomic E-state index is 13.2. The quantitative estimate of drug-likeness (QED) is 0.467. The first-order valence-electron chi connectivity index (χ1n) is 10.7. The number of pyridine rings is 1. The molecule has 204 valence electrons. The molecule has 2 aromatic rings. The molecule has 0 spiro atoms. The minimum absolute atomic E-state index is 0.105. The zero-order chi connectivity index (χ0) is 28.0. The molecule has 1 saturated heterocycles. The number of hydrogen-bond acceptors (Lipinski definition) is 8. The predicted molar refractivity (Wildman–Crippen MR) is 126 cm³/mol. The molecule has 0 saturated carbocycles. The Morgan fingerprint density at radius 1 is 1.16 bits per heavy atom. The van der Waals surface area contributed by atoms with E-state index < -0.39 is 28.1 Å². The van der Waals surface area contributed by atoms with Crippen molar-refractivity contribution in [1.29, 1.82) is 0 Å². The zero-order valence-electron chi connectivity index (χ0n) is 20.1. The number of ether oxygens (including phenoxy) is 2. The third kappa shape index (κ3) is 7.87. The summed E-state index contributed by atoms with van der Waals surface area (Å²) in [4.78, 5) is 26.5. The predicted octanol–water partition coefficient (Wildman–Crippen LogP) is 3.47. The van der Waals surface area contributed by atoms with Crippen LogP contribution in [0, 0.1) is 5.92 Å². The molecule has 0 radical (unpaired) electrons. The van der Waals surface area contributed by atoms with Crippen molar-refractivity contribution in [3.05, 3.63) is 36.0 Å². The second-order valence-electron chi connectivity index (χ2n) is 8.02. The minimum Gasteiger partial charge on any atom is -0.497 e. The number of aromatic carboxylic acids is 1. The fourth-order valence-electron chi connectivity index (χ4n) is 3.48. The van der Waals surface area contributed by atoms with Crippen LogP contribution in [0.15, 0.2) is 35.4 Å². The Labute approximate surface area is 210 Å². The highest BCUT2D eigenvalue weighted by Crippen LogP contribution is 2.33. The Balaban J connectivity index is 0.000000604. The van der Waals surface area contributed by atoms with Crippen LogP contribution in [-0.4, -0.2) is 69.0 Å². The van der Waals surface area contributed by atoms with Crippen LogP contribution in [0.2, 0.25) is 0 Å². The molecule has 0 amide bonds. The summed E-state index contributed by atoms with van der Waals surface area (Å²) in [5.41, 5.74) is -0.00649. The topological polar surface area (TPSA) is 155 Å². The fraction of sp³-hybridized carbons (Fsp3) is 0.409. The van der Waals surface area contributed by atoms with E-state index in [4.69, 9.17) is 19.4 Å². The van der Waals surface area contributed by atoms with Gasteiger partial charge in [-0.05, 0) is 37.0 Å². The largest absolute Gasteiger partial charge is 0.497 e. The number of hydrogen-bond donors (Lipinski definition) is 3. The SMILES string of the molecule is COc1ccc(OC)c(S(=O)(=O)Nc2cc(C(=O)O)cnc2N2CCCC(C)C2)c1.O=C(O)C(F)(F)F. The van der Waals surface area contributed by atoms with Gasteiger partial charge in [0.1, 0.15) is 16.4 Å². The first kappa shape index (κ1) is 29.5. The Morgan fingerprint density at radius 3 is 2.32 bits per heavy atom. The number of halogens is 3. The van der Waals surface area contributed by atoms with E-state index in [-0.39, 0.29) is 21.9 Å². The average molecular weight is 550 g/mol. The van der Waals surface area contributed by atoms with Gasteiger partial charge in [0.2, 0.25) is 0 Å². The molecule has 2 heterocycles. The van der Waals surface area contributed by atoms with Crippen molar-refractivity contribution in [3.63, 3.8) is 0 Å². The molecule has 1 aliphatic rings. The van der Waals surface area contributed by atoms with Crippen LogP contribution in [-0.2, 0) is 14.8 Å².